The number of alkyl halides is 3. The lowest BCUT2D eigenvalue weighted by Gasteiger charge is -2.17. The molecular weight excluding hydrogens is 309 g/mol. The van der Waals surface area contributed by atoms with Gasteiger partial charge in [0, 0.05) is 5.02 Å². The van der Waals surface area contributed by atoms with E-state index in [1.165, 1.54) is 6.07 Å². The van der Waals surface area contributed by atoms with Gasteiger partial charge in [0.2, 0.25) is 0 Å². The molecule has 0 bridgehead atoms. The zero-order valence-electron chi connectivity index (χ0n) is 7.49. The Hall–Kier alpha value is 0.130. The van der Waals surface area contributed by atoms with E-state index in [4.69, 9.17) is 40.5 Å². The van der Waals surface area contributed by atoms with Gasteiger partial charge in [0.05, 0.1) is 10.0 Å². The maximum Gasteiger partial charge on any atom is 0.407 e. The molecular formula is C8H6Cl4F3N. The number of nitrogens with two attached hydrogens (primary N) is 1. The molecule has 0 fully saturated rings. The SMILES string of the molecule is Cl.N[C@@H](c1cc(Cl)cc(Cl)c1Cl)C(F)(F)F. The van der Waals surface area contributed by atoms with Crippen molar-refractivity contribution in [2.45, 2.75) is 12.2 Å². The summed E-state index contributed by atoms with van der Waals surface area (Å²) in [6, 6.07) is 0.104. The fourth-order valence-corrected chi connectivity index (χ4v) is 1.71. The van der Waals surface area contributed by atoms with Crippen LogP contribution in [0.25, 0.3) is 0 Å². The Labute approximate surface area is 111 Å². The summed E-state index contributed by atoms with van der Waals surface area (Å²) in [4.78, 5) is 0. The van der Waals surface area contributed by atoms with Gasteiger partial charge in [-0.3, -0.25) is 0 Å². The molecule has 0 heterocycles. The predicted molar refractivity (Wildman–Crippen MR) is 61.7 cm³/mol. The molecule has 1 nitrogen and oxygen atoms in total. The van der Waals surface area contributed by atoms with Crippen LogP contribution in [0.3, 0.4) is 0 Å². The topological polar surface area (TPSA) is 26.0 Å². The minimum absolute atomic E-state index is 0. The highest BCUT2D eigenvalue weighted by Crippen LogP contribution is 2.38. The van der Waals surface area contributed by atoms with Crippen LogP contribution in [-0.2, 0) is 0 Å². The molecule has 1 aromatic rings. The molecule has 1 atom stereocenters. The molecule has 0 aliphatic carbocycles. The molecule has 2 N–H and O–H groups in total. The fraction of sp³-hybridized carbons (Fsp3) is 0.250. The average Bonchev–Trinajstić information content (AvgIpc) is 2.08. The smallest absolute Gasteiger partial charge is 0.316 e. The van der Waals surface area contributed by atoms with Gasteiger partial charge in [-0.15, -0.1) is 12.4 Å². The Morgan fingerprint density at radius 1 is 1.12 bits per heavy atom. The van der Waals surface area contributed by atoms with Crippen molar-refractivity contribution in [3.63, 3.8) is 0 Å². The van der Waals surface area contributed by atoms with Crippen molar-refractivity contribution in [1.82, 2.24) is 0 Å². The van der Waals surface area contributed by atoms with Gasteiger partial charge in [-0.1, -0.05) is 34.8 Å². The maximum absolute atomic E-state index is 12.3. The maximum atomic E-state index is 12.3. The van der Waals surface area contributed by atoms with Crippen molar-refractivity contribution >= 4 is 47.2 Å². The van der Waals surface area contributed by atoms with Crippen LogP contribution in [0.15, 0.2) is 12.1 Å². The number of rotatable bonds is 1. The molecule has 0 aliphatic rings. The van der Waals surface area contributed by atoms with Crippen LogP contribution < -0.4 is 5.73 Å². The Kier molecular flexibility index (Phi) is 5.69. The molecule has 0 saturated carbocycles. The van der Waals surface area contributed by atoms with E-state index in [0.29, 0.717) is 0 Å². The summed E-state index contributed by atoms with van der Waals surface area (Å²) < 4.78 is 36.9. The van der Waals surface area contributed by atoms with E-state index in [-0.39, 0.29) is 33.0 Å². The Balaban J connectivity index is 0.00000225. The zero-order chi connectivity index (χ0) is 11.8. The third-order valence-electron chi connectivity index (χ3n) is 1.71. The summed E-state index contributed by atoms with van der Waals surface area (Å²) in [5.74, 6) is 0. The van der Waals surface area contributed by atoms with Crippen molar-refractivity contribution in [1.29, 1.82) is 0 Å². The Morgan fingerprint density at radius 2 is 1.62 bits per heavy atom. The van der Waals surface area contributed by atoms with Crippen LogP contribution in [-0.4, -0.2) is 6.18 Å². The average molecular weight is 315 g/mol. The molecule has 1 aromatic carbocycles. The van der Waals surface area contributed by atoms with E-state index in [1.807, 2.05) is 0 Å². The number of benzene rings is 1. The summed E-state index contributed by atoms with van der Waals surface area (Å²) in [5, 5.41) is -0.233. The quantitative estimate of drug-likeness (QED) is 0.751. The first-order valence-corrected chi connectivity index (χ1v) is 4.83. The van der Waals surface area contributed by atoms with Gasteiger partial charge in [-0.25, -0.2) is 0 Å². The molecule has 0 unspecified atom stereocenters. The monoisotopic (exact) mass is 313 g/mol. The van der Waals surface area contributed by atoms with E-state index in [1.54, 1.807) is 0 Å². The summed E-state index contributed by atoms with van der Waals surface area (Å²) >= 11 is 16.7. The van der Waals surface area contributed by atoms with Crippen LogP contribution in [0.2, 0.25) is 15.1 Å². The molecule has 8 heteroatoms. The Morgan fingerprint density at radius 3 is 2.06 bits per heavy atom. The fourth-order valence-electron chi connectivity index (χ4n) is 0.979. The molecule has 0 aliphatic heterocycles. The highest BCUT2D eigenvalue weighted by molar-refractivity contribution is 6.43. The summed E-state index contributed by atoms with van der Waals surface area (Å²) in [7, 11) is 0. The minimum atomic E-state index is -4.59. The van der Waals surface area contributed by atoms with E-state index < -0.39 is 12.2 Å². The van der Waals surface area contributed by atoms with Gasteiger partial charge in [0.15, 0.2) is 0 Å². The van der Waals surface area contributed by atoms with Crippen LogP contribution >= 0.6 is 47.2 Å². The molecule has 0 spiro atoms. The second-order valence-electron chi connectivity index (χ2n) is 2.81. The third kappa shape index (κ3) is 3.57. The highest BCUT2D eigenvalue weighted by atomic mass is 35.5. The summed E-state index contributed by atoms with van der Waals surface area (Å²) in [5.41, 5.74) is 4.65. The number of hydrogen-bond acceptors (Lipinski definition) is 1. The van der Waals surface area contributed by atoms with Gasteiger partial charge in [-0.2, -0.15) is 13.2 Å². The Bertz CT molecular complexity index is 380. The molecule has 0 radical (unpaired) electrons. The normalized spacial score (nSPS) is 13.2. The number of hydrogen-bond donors (Lipinski definition) is 1. The van der Waals surface area contributed by atoms with Crippen molar-refractivity contribution in [3.8, 4) is 0 Å². The van der Waals surface area contributed by atoms with E-state index >= 15 is 0 Å². The van der Waals surface area contributed by atoms with Gasteiger partial charge >= 0.3 is 6.18 Å². The lowest BCUT2D eigenvalue weighted by atomic mass is 10.1. The largest absolute Gasteiger partial charge is 0.407 e. The second-order valence-corrected chi connectivity index (χ2v) is 4.03. The zero-order valence-corrected chi connectivity index (χ0v) is 10.6. The van der Waals surface area contributed by atoms with Gasteiger partial charge in [0.1, 0.15) is 6.04 Å². The van der Waals surface area contributed by atoms with Crippen molar-refractivity contribution in [2.24, 2.45) is 5.73 Å². The predicted octanol–water partition coefficient (Wildman–Crippen LogP) is 4.63. The van der Waals surface area contributed by atoms with Gasteiger partial charge in [0.25, 0.3) is 0 Å². The van der Waals surface area contributed by atoms with Crippen LogP contribution in [0.1, 0.15) is 11.6 Å². The van der Waals surface area contributed by atoms with Crippen molar-refractivity contribution < 1.29 is 13.2 Å². The minimum Gasteiger partial charge on any atom is -0.316 e. The second kappa shape index (κ2) is 5.65. The molecule has 0 saturated heterocycles. The van der Waals surface area contributed by atoms with E-state index in [2.05, 4.69) is 0 Å². The first-order chi connectivity index (χ1) is 6.73. The van der Waals surface area contributed by atoms with Crippen LogP contribution in [0.4, 0.5) is 13.2 Å². The number of halogens is 7. The third-order valence-corrected chi connectivity index (χ3v) is 2.74. The summed E-state index contributed by atoms with van der Waals surface area (Å²) in [6.07, 6.45) is -4.59. The molecule has 16 heavy (non-hydrogen) atoms. The highest BCUT2D eigenvalue weighted by Gasteiger charge is 2.39. The van der Waals surface area contributed by atoms with Crippen molar-refractivity contribution in [3.05, 3.63) is 32.8 Å². The van der Waals surface area contributed by atoms with Crippen LogP contribution in [0, 0.1) is 0 Å². The first-order valence-electron chi connectivity index (χ1n) is 3.70. The lowest BCUT2D eigenvalue weighted by molar-refractivity contribution is -0.149. The van der Waals surface area contributed by atoms with Crippen molar-refractivity contribution in [2.75, 3.05) is 0 Å². The van der Waals surface area contributed by atoms with Crippen LogP contribution in [0.5, 0.6) is 0 Å². The molecule has 1 rings (SSSR count). The van der Waals surface area contributed by atoms with E-state index in [0.717, 1.165) is 6.07 Å². The first kappa shape index (κ1) is 16.1. The summed E-state index contributed by atoms with van der Waals surface area (Å²) in [6.45, 7) is 0. The molecule has 0 amide bonds. The van der Waals surface area contributed by atoms with E-state index in [9.17, 15) is 13.2 Å². The molecule has 0 aromatic heterocycles. The molecule has 92 valence electrons. The lowest BCUT2D eigenvalue weighted by Crippen LogP contribution is -2.28. The standard InChI is InChI=1S/C8H5Cl3F3N.ClH/c9-3-1-4(6(11)5(10)2-3)7(15)8(12,13)14;/h1-2,7H,15H2;1H/t7-;/m0./s1. The van der Waals surface area contributed by atoms with Gasteiger partial charge < -0.3 is 5.73 Å². The van der Waals surface area contributed by atoms with Gasteiger partial charge in [-0.05, 0) is 17.7 Å².